The zero-order valence-corrected chi connectivity index (χ0v) is 12.3. The number of benzene rings is 1. The van der Waals surface area contributed by atoms with E-state index in [-0.39, 0.29) is 0 Å². The van der Waals surface area contributed by atoms with Crippen molar-refractivity contribution in [2.45, 2.75) is 6.54 Å². The molecule has 0 amide bonds. The van der Waals surface area contributed by atoms with Crippen LogP contribution >= 0.6 is 0 Å². The first-order chi connectivity index (χ1) is 10.8. The van der Waals surface area contributed by atoms with Crippen LogP contribution in [-0.4, -0.2) is 22.0 Å². The van der Waals surface area contributed by atoms with Crippen LogP contribution in [0, 0.1) is 0 Å². The zero-order chi connectivity index (χ0) is 15.2. The largest absolute Gasteiger partial charge is 0.364 e. The highest BCUT2D eigenvalue weighted by atomic mass is 15.2. The van der Waals surface area contributed by atoms with Gasteiger partial charge in [-0.3, -0.25) is 4.98 Å². The van der Waals surface area contributed by atoms with E-state index < -0.39 is 0 Å². The Morgan fingerprint density at radius 3 is 2.55 bits per heavy atom. The van der Waals surface area contributed by atoms with Gasteiger partial charge in [0, 0.05) is 25.0 Å². The Balaban J connectivity index is 1.72. The van der Waals surface area contributed by atoms with E-state index >= 15 is 0 Å². The van der Waals surface area contributed by atoms with Crippen molar-refractivity contribution in [2.75, 3.05) is 17.3 Å². The molecular formula is C17H17N5. The average molecular weight is 291 g/mol. The molecule has 3 rings (SSSR count). The van der Waals surface area contributed by atoms with Crippen LogP contribution in [0.2, 0.25) is 0 Å². The predicted molar refractivity (Wildman–Crippen MR) is 88.1 cm³/mol. The Morgan fingerprint density at radius 2 is 1.77 bits per heavy atom. The maximum Gasteiger partial charge on any atom is 0.138 e. The van der Waals surface area contributed by atoms with Gasteiger partial charge in [0.25, 0.3) is 0 Å². The normalized spacial score (nSPS) is 10.2. The maximum absolute atomic E-state index is 4.33. The molecule has 2 heterocycles. The molecular weight excluding hydrogens is 274 g/mol. The highest BCUT2D eigenvalue weighted by Crippen LogP contribution is 2.22. The average Bonchev–Trinajstić information content (AvgIpc) is 2.61. The van der Waals surface area contributed by atoms with E-state index in [9.17, 15) is 0 Å². The minimum absolute atomic E-state index is 0.631. The quantitative estimate of drug-likeness (QED) is 0.782. The fraction of sp³-hybridized carbons (Fsp3) is 0.118. The molecule has 110 valence electrons. The van der Waals surface area contributed by atoms with Crippen LogP contribution in [0.15, 0.2) is 67.1 Å². The summed E-state index contributed by atoms with van der Waals surface area (Å²) in [6, 6.07) is 17.9. The molecule has 0 spiro atoms. The fourth-order valence-corrected chi connectivity index (χ4v) is 2.09. The molecule has 0 radical (unpaired) electrons. The van der Waals surface area contributed by atoms with Crippen LogP contribution in [0.25, 0.3) is 0 Å². The topological polar surface area (TPSA) is 53.9 Å². The SMILES string of the molecule is CN(c1ccccc1)c1cc(NCc2ccccn2)ncn1. The third-order valence-corrected chi connectivity index (χ3v) is 3.32. The number of nitrogens with one attached hydrogen (secondary N) is 1. The number of para-hydroxylation sites is 1. The predicted octanol–water partition coefficient (Wildman–Crippen LogP) is 3.25. The summed E-state index contributed by atoms with van der Waals surface area (Å²) >= 11 is 0. The molecule has 5 heteroatoms. The van der Waals surface area contributed by atoms with Gasteiger partial charge < -0.3 is 10.2 Å². The summed E-state index contributed by atoms with van der Waals surface area (Å²) in [5.41, 5.74) is 2.05. The van der Waals surface area contributed by atoms with Crippen LogP contribution in [0.5, 0.6) is 0 Å². The first-order valence-electron chi connectivity index (χ1n) is 7.07. The zero-order valence-electron chi connectivity index (χ0n) is 12.3. The standard InChI is InChI=1S/C17H17N5/c1-22(15-8-3-2-4-9-15)17-11-16(20-13-21-17)19-12-14-7-5-6-10-18-14/h2-11,13H,12H2,1H3,(H,19,20,21). The Morgan fingerprint density at radius 1 is 0.955 bits per heavy atom. The lowest BCUT2D eigenvalue weighted by molar-refractivity contribution is 1.01. The van der Waals surface area contributed by atoms with Gasteiger partial charge in [-0.1, -0.05) is 24.3 Å². The molecule has 0 saturated heterocycles. The number of nitrogens with zero attached hydrogens (tertiary/aromatic N) is 4. The number of hydrogen-bond donors (Lipinski definition) is 1. The lowest BCUT2D eigenvalue weighted by atomic mass is 10.3. The van der Waals surface area contributed by atoms with Gasteiger partial charge in [0.2, 0.25) is 0 Å². The van der Waals surface area contributed by atoms with E-state index in [0.717, 1.165) is 23.0 Å². The molecule has 5 nitrogen and oxygen atoms in total. The molecule has 0 atom stereocenters. The first kappa shape index (κ1) is 14.0. The summed E-state index contributed by atoms with van der Waals surface area (Å²) in [5.74, 6) is 1.61. The molecule has 0 aliphatic carbocycles. The van der Waals surface area contributed by atoms with Crippen LogP contribution < -0.4 is 10.2 Å². The van der Waals surface area contributed by atoms with Crippen LogP contribution in [0.4, 0.5) is 17.3 Å². The molecule has 22 heavy (non-hydrogen) atoms. The molecule has 0 fully saturated rings. The van der Waals surface area contributed by atoms with E-state index in [4.69, 9.17) is 0 Å². The Labute approximate surface area is 129 Å². The number of rotatable bonds is 5. The first-order valence-corrected chi connectivity index (χ1v) is 7.07. The highest BCUT2D eigenvalue weighted by molar-refractivity contribution is 5.61. The molecule has 2 aromatic heterocycles. The van der Waals surface area contributed by atoms with Crippen molar-refractivity contribution in [3.63, 3.8) is 0 Å². The van der Waals surface area contributed by atoms with Gasteiger partial charge in [-0.2, -0.15) is 0 Å². The van der Waals surface area contributed by atoms with Crippen molar-refractivity contribution >= 4 is 17.3 Å². The van der Waals surface area contributed by atoms with Gasteiger partial charge >= 0.3 is 0 Å². The Hall–Kier alpha value is -2.95. The summed E-state index contributed by atoms with van der Waals surface area (Å²) in [6.07, 6.45) is 3.35. The molecule has 3 aromatic rings. The van der Waals surface area contributed by atoms with Gasteiger partial charge in [0.05, 0.1) is 12.2 Å². The summed E-state index contributed by atoms with van der Waals surface area (Å²) in [4.78, 5) is 14.9. The second-order valence-electron chi connectivity index (χ2n) is 4.83. The lowest BCUT2D eigenvalue weighted by Crippen LogP contribution is -2.12. The smallest absolute Gasteiger partial charge is 0.138 e. The second-order valence-corrected chi connectivity index (χ2v) is 4.83. The molecule has 0 unspecified atom stereocenters. The molecule has 1 aromatic carbocycles. The third-order valence-electron chi connectivity index (χ3n) is 3.32. The van der Waals surface area contributed by atoms with Gasteiger partial charge in [-0.15, -0.1) is 0 Å². The Kier molecular flexibility index (Phi) is 4.25. The second kappa shape index (κ2) is 6.67. The number of pyridine rings is 1. The van der Waals surface area contributed by atoms with E-state index in [1.807, 2.05) is 66.5 Å². The van der Waals surface area contributed by atoms with Crippen LogP contribution in [0.3, 0.4) is 0 Å². The molecule has 0 aliphatic rings. The van der Waals surface area contributed by atoms with E-state index in [1.54, 1.807) is 12.5 Å². The van der Waals surface area contributed by atoms with E-state index in [2.05, 4.69) is 20.3 Å². The van der Waals surface area contributed by atoms with Crippen LogP contribution in [0.1, 0.15) is 5.69 Å². The van der Waals surface area contributed by atoms with Gasteiger partial charge in [-0.05, 0) is 24.3 Å². The van der Waals surface area contributed by atoms with E-state index in [1.165, 1.54) is 0 Å². The highest BCUT2D eigenvalue weighted by Gasteiger charge is 2.06. The van der Waals surface area contributed by atoms with Crippen molar-refractivity contribution in [3.8, 4) is 0 Å². The summed E-state index contributed by atoms with van der Waals surface area (Å²) in [7, 11) is 1.99. The summed E-state index contributed by atoms with van der Waals surface area (Å²) < 4.78 is 0. The van der Waals surface area contributed by atoms with Gasteiger partial charge in [0.1, 0.15) is 18.0 Å². The monoisotopic (exact) mass is 291 g/mol. The number of hydrogen-bond acceptors (Lipinski definition) is 5. The summed E-state index contributed by atoms with van der Waals surface area (Å²) in [5, 5.41) is 3.27. The number of anilines is 3. The molecule has 1 N–H and O–H groups in total. The number of aromatic nitrogens is 3. The fourth-order valence-electron chi connectivity index (χ4n) is 2.09. The van der Waals surface area contributed by atoms with Crippen molar-refractivity contribution in [1.82, 2.24) is 15.0 Å². The third kappa shape index (κ3) is 3.38. The maximum atomic E-state index is 4.33. The van der Waals surface area contributed by atoms with Gasteiger partial charge in [-0.25, -0.2) is 9.97 Å². The van der Waals surface area contributed by atoms with Crippen LogP contribution in [-0.2, 0) is 6.54 Å². The van der Waals surface area contributed by atoms with E-state index in [0.29, 0.717) is 6.54 Å². The van der Waals surface area contributed by atoms with Crippen molar-refractivity contribution in [3.05, 3.63) is 72.8 Å². The van der Waals surface area contributed by atoms with Crippen molar-refractivity contribution in [1.29, 1.82) is 0 Å². The minimum atomic E-state index is 0.631. The molecule has 0 saturated carbocycles. The molecule has 0 aliphatic heterocycles. The Bertz CT molecular complexity index is 715. The summed E-state index contributed by atoms with van der Waals surface area (Å²) in [6.45, 7) is 0.631. The van der Waals surface area contributed by atoms with Crippen molar-refractivity contribution < 1.29 is 0 Å². The lowest BCUT2D eigenvalue weighted by Gasteiger charge is -2.18. The van der Waals surface area contributed by atoms with Crippen molar-refractivity contribution in [2.24, 2.45) is 0 Å². The van der Waals surface area contributed by atoms with Gasteiger partial charge in [0.15, 0.2) is 0 Å². The minimum Gasteiger partial charge on any atom is -0.364 e. The molecule has 0 bridgehead atoms.